The van der Waals surface area contributed by atoms with Crippen LogP contribution in [-0.4, -0.2) is 30.7 Å². The number of ether oxygens (including phenoxy) is 1. The monoisotopic (exact) mass is 412 g/mol. The number of nitrogens with zero attached hydrogens (tertiary/aromatic N) is 1. The molecule has 0 aliphatic rings. The summed E-state index contributed by atoms with van der Waals surface area (Å²) in [6.07, 6.45) is 3.83. The summed E-state index contributed by atoms with van der Waals surface area (Å²) in [5, 5.41) is 15.6. The molecular weight excluding hydrogens is 388 g/mol. The summed E-state index contributed by atoms with van der Waals surface area (Å²) >= 11 is 0. The highest BCUT2D eigenvalue weighted by Crippen LogP contribution is 2.25. The van der Waals surface area contributed by atoms with Gasteiger partial charge in [-0.3, -0.25) is 4.98 Å². The molecule has 0 spiro atoms. The summed E-state index contributed by atoms with van der Waals surface area (Å²) in [4.78, 5) is 4.14. The Hall–Kier alpha value is -2.74. The van der Waals surface area contributed by atoms with Gasteiger partial charge in [0.15, 0.2) is 0 Å². The van der Waals surface area contributed by atoms with Gasteiger partial charge in [-0.15, -0.1) is 0 Å². The van der Waals surface area contributed by atoms with Gasteiger partial charge in [0.05, 0.1) is 11.0 Å². The quantitative estimate of drug-likeness (QED) is 0.592. The molecule has 7 heteroatoms. The lowest BCUT2D eigenvalue weighted by Gasteiger charge is -2.20. The number of nitrogens with two attached hydrogens (primary N) is 1. The highest BCUT2D eigenvalue weighted by Gasteiger charge is 2.16. The Morgan fingerprint density at radius 3 is 2.48 bits per heavy atom. The first-order chi connectivity index (χ1) is 13.8. The van der Waals surface area contributed by atoms with Crippen LogP contribution >= 0.6 is 0 Å². The van der Waals surface area contributed by atoms with Crippen LogP contribution in [0.3, 0.4) is 0 Å². The minimum Gasteiger partial charge on any atom is -0.488 e. The van der Waals surface area contributed by atoms with Gasteiger partial charge >= 0.3 is 0 Å². The molecular formula is C22H24N2O4S. The average Bonchev–Trinajstić information content (AvgIpc) is 2.73. The fourth-order valence-corrected chi connectivity index (χ4v) is 3.53. The van der Waals surface area contributed by atoms with Crippen LogP contribution in [0, 0.1) is 0 Å². The third kappa shape index (κ3) is 5.87. The van der Waals surface area contributed by atoms with Gasteiger partial charge in [-0.05, 0) is 66.8 Å². The second-order valence-corrected chi connectivity index (χ2v) is 8.45. The maximum atomic E-state index is 11.5. The van der Waals surface area contributed by atoms with Gasteiger partial charge < -0.3 is 9.84 Å². The van der Waals surface area contributed by atoms with Crippen molar-refractivity contribution in [2.45, 2.75) is 36.9 Å². The third-order valence-corrected chi connectivity index (χ3v) is 5.58. The normalized spacial score (nSPS) is 13.6. The van der Waals surface area contributed by atoms with Crippen molar-refractivity contribution in [1.29, 1.82) is 0 Å². The first-order valence-electron chi connectivity index (χ1n) is 9.30. The molecule has 1 heterocycles. The van der Waals surface area contributed by atoms with Crippen molar-refractivity contribution >= 4 is 10.0 Å². The van der Waals surface area contributed by atoms with E-state index in [0.29, 0.717) is 12.2 Å². The molecule has 3 rings (SSSR count). The Morgan fingerprint density at radius 1 is 1.07 bits per heavy atom. The Bertz CT molecular complexity index is 1040. The third-order valence-electron chi connectivity index (χ3n) is 4.67. The maximum Gasteiger partial charge on any atom is 0.238 e. The number of aliphatic hydroxyl groups is 1. The molecule has 0 amide bonds. The van der Waals surface area contributed by atoms with E-state index in [0.717, 1.165) is 23.1 Å². The topological polar surface area (TPSA) is 103 Å². The summed E-state index contributed by atoms with van der Waals surface area (Å²) in [5.41, 5.74) is 2.66. The molecule has 3 N–H and O–H groups in total. The summed E-state index contributed by atoms with van der Waals surface area (Å²) in [6, 6.07) is 17.6. The molecule has 0 radical (unpaired) electrons. The van der Waals surface area contributed by atoms with Gasteiger partial charge in [-0.2, -0.15) is 0 Å². The van der Waals surface area contributed by atoms with Crippen LogP contribution in [0.4, 0.5) is 0 Å². The van der Waals surface area contributed by atoms with E-state index in [1.165, 1.54) is 12.1 Å². The van der Waals surface area contributed by atoms with Crippen LogP contribution in [0.1, 0.15) is 18.9 Å². The largest absolute Gasteiger partial charge is 0.488 e. The Labute approximate surface area is 171 Å². The van der Waals surface area contributed by atoms with Crippen molar-refractivity contribution < 1.29 is 18.3 Å². The number of sulfonamides is 1. The van der Waals surface area contributed by atoms with Gasteiger partial charge in [0.25, 0.3) is 0 Å². The molecule has 0 bridgehead atoms. The molecule has 29 heavy (non-hydrogen) atoms. The average molecular weight is 413 g/mol. The lowest BCUT2D eigenvalue weighted by atomic mass is 10.0. The fraction of sp³-hybridized carbons (Fsp3) is 0.227. The highest BCUT2D eigenvalue weighted by atomic mass is 32.2. The van der Waals surface area contributed by atoms with E-state index in [1.807, 2.05) is 37.3 Å². The van der Waals surface area contributed by atoms with Crippen LogP contribution in [0.5, 0.6) is 5.75 Å². The number of pyridine rings is 1. The van der Waals surface area contributed by atoms with Crippen molar-refractivity contribution in [3.05, 3.63) is 78.6 Å². The molecule has 6 nitrogen and oxygen atoms in total. The van der Waals surface area contributed by atoms with Crippen molar-refractivity contribution in [3.8, 4) is 16.9 Å². The summed E-state index contributed by atoms with van der Waals surface area (Å²) in [5.74, 6) is 0.629. The highest BCUT2D eigenvalue weighted by molar-refractivity contribution is 7.89. The first kappa shape index (κ1) is 21.0. The molecule has 2 atom stereocenters. The zero-order chi connectivity index (χ0) is 20.9. The molecule has 152 valence electrons. The van der Waals surface area contributed by atoms with Crippen LogP contribution in [-0.2, 0) is 16.4 Å². The van der Waals surface area contributed by atoms with Gasteiger partial charge in [0.1, 0.15) is 11.9 Å². The van der Waals surface area contributed by atoms with Gasteiger partial charge in [0.2, 0.25) is 10.0 Å². The van der Waals surface area contributed by atoms with E-state index in [2.05, 4.69) is 4.98 Å². The predicted molar refractivity (Wildman–Crippen MR) is 112 cm³/mol. The van der Waals surface area contributed by atoms with Gasteiger partial charge in [0, 0.05) is 12.4 Å². The van der Waals surface area contributed by atoms with Crippen LogP contribution in [0.15, 0.2) is 78.0 Å². The smallest absolute Gasteiger partial charge is 0.238 e. The first-order valence-corrected chi connectivity index (χ1v) is 10.8. The summed E-state index contributed by atoms with van der Waals surface area (Å²) in [7, 11) is -3.75. The Balaban J connectivity index is 1.61. The van der Waals surface area contributed by atoms with E-state index in [4.69, 9.17) is 9.88 Å². The molecule has 0 aliphatic heterocycles. The summed E-state index contributed by atoms with van der Waals surface area (Å²) in [6.45, 7) is 1.83. The van der Waals surface area contributed by atoms with E-state index < -0.39 is 16.1 Å². The zero-order valence-electron chi connectivity index (χ0n) is 16.1. The Morgan fingerprint density at radius 2 is 1.83 bits per heavy atom. The number of rotatable bonds is 8. The molecule has 3 aromatic rings. The van der Waals surface area contributed by atoms with Crippen LogP contribution in [0.2, 0.25) is 0 Å². The van der Waals surface area contributed by atoms with Gasteiger partial charge in [-0.1, -0.05) is 30.3 Å². The lowest BCUT2D eigenvalue weighted by Crippen LogP contribution is -2.29. The van der Waals surface area contributed by atoms with Crippen molar-refractivity contribution in [3.63, 3.8) is 0 Å². The minimum atomic E-state index is -3.75. The van der Waals surface area contributed by atoms with E-state index in [1.54, 1.807) is 30.6 Å². The maximum absolute atomic E-state index is 11.5. The number of primary sulfonamides is 1. The zero-order valence-corrected chi connectivity index (χ0v) is 16.9. The molecule has 0 saturated heterocycles. The standard InChI is InChI=1S/C22H24N2O4S/c1-16(22(25)12-7-17-4-3-13-24-15-17)28-20-10-8-18(9-11-20)19-5-2-6-21(14-19)29(23,26)27/h2-6,8-11,13-16,22,25H,7,12H2,1H3,(H2,23,26,27)/t16-,22?/m0/s1. The number of aliphatic hydroxyl groups excluding tert-OH is 1. The second kappa shape index (κ2) is 9.17. The van der Waals surface area contributed by atoms with Crippen molar-refractivity contribution in [1.82, 2.24) is 4.98 Å². The second-order valence-electron chi connectivity index (χ2n) is 6.89. The number of benzene rings is 2. The number of aromatic nitrogens is 1. The predicted octanol–water partition coefficient (Wildman–Crippen LogP) is 3.16. The van der Waals surface area contributed by atoms with E-state index in [9.17, 15) is 13.5 Å². The molecule has 0 fully saturated rings. The number of hydrogen-bond donors (Lipinski definition) is 2. The molecule has 1 unspecified atom stereocenters. The van der Waals surface area contributed by atoms with Gasteiger partial charge in [-0.25, -0.2) is 13.6 Å². The SMILES string of the molecule is C[C@H](Oc1ccc(-c2cccc(S(N)(=O)=O)c2)cc1)C(O)CCc1cccnc1. The molecule has 0 aliphatic carbocycles. The molecule has 1 aromatic heterocycles. The molecule has 0 saturated carbocycles. The molecule has 2 aromatic carbocycles. The van der Waals surface area contributed by atoms with Crippen molar-refractivity contribution in [2.24, 2.45) is 5.14 Å². The number of hydrogen-bond acceptors (Lipinski definition) is 5. The Kier molecular flexibility index (Phi) is 6.64. The minimum absolute atomic E-state index is 0.0701. The van der Waals surface area contributed by atoms with Crippen LogP contribution in [0.25, 0.3) is 11.1 Å². The fourth-order valence-electron chi connectivity index (χ4n) is 2.97. The van der Waals surface area contributed by atoms with E-state index in [-0.39, 0.29) is 11.0 Å². The number of aryl methyl sites for hydroxylation is 1. The van der Waals surface area contributed by atoms with E-state index >= 15 is 0 Å². The summed E-state index contributed by atoms with van der Waals surface area (Å²) < 4.78 is 28.9. The lowest BCUT2D eigenvalue weighted by molar-refractivity contribution is 0.0420. The van der Waals surface area contributed by atoms with Crippen molar-refractivity contribution in [2.75, 3.05) is 0 Å². The van der Waals surface area contributed by atoms with Crippen LogP contribution < -0.4 is 9.88 Å².